The van der Waals surface area contributed by atoms with Gasteiger partial charge in [-0.2, -0.15) is 0 Å². The van der Waals surface area contributed by atoms with Crippen LogP contribution < -0.4 is 14.4 Å². The molecule has 0 radical (unpaired) electrons. The van der Waals surface area contributed by atoms with Gasteiger partial charge in [-0.1, -0.05) is 35.9 Å². The molecular formula is C24H23F2NO3. The largest absolute Gasteiger partial charge is 0.496 e. The van der Waals surface area contributed by atoms with Crippen LogP contribution in [0.2, 0.25) is 0 Å². The summed E-state index contributed by atoms with van der Waals surface area (Å²) < 4.78 is 38.5. The van der Waals surface area contributed by atoms with Gasteiger partial charge in [-0.15, -0.1) is 0 Å². The molecule has 6 heteroatoms. The molecular weight excluding hydrogens is 388 g/mol. The van der Waals surface area contributed by atoms with E-state index in [4.69, 9.17) is 9.47 Å². The molecule has 156 valence electrons. The van der Waals surface area contributed by atoms with Gasteiger partial charge in [0.25, 0.3) is 0 Å². The van der Waals surface area contributed by atoms with Crippen LogP contribution in [0.4, 0.5) is 14.5 Å². The SMILES string of the molecule is COc1ccc(C)cc1CN(C(=O)CCF)c1cc(F)ccc1Oc1ccccc1. The molecule has 0 aromatic heterocycles. The van der Waals surface area contributed by atoms with E-state index in [9.17, 15) is 13.6 Å². The zero-order valence-corrected chi connectivity index (χ0v) is 16.9. The van der Waals surface area contributed by atoms with Crippen molar-refractivity contribution in [2.45, 2.75) is 19.9 Å². The first kappa shape index (κ1) is 21.3. The zero-order valence-electron chi connectivity index (χ0n) is 16.9. The molecule has 3 rings (SSSR count). The van der Waals surface area contributed by atoms with E-state index in [1.807, 2.05) is 37.3 Å². The Kier molecular flexibility index (Phi) is 7.01. The summed E-state index contributed by atoms with van der Waals surface area (Å²) in [5.74, 6) is 0.405. The molecule has 0 atom stereocenters. The molecule has 0 aliphatic heterocycles. The van der Waals surface area contributed by atoms with Crippen LogP contribution in [0.15, 0.2) is 66.7 Å². The van der Waals surface area contributed by atoms with Gasteiger partial charge in [-0.3, -0.25) is 9.18 Å². The van der Waals surface area contributed by atoms with E-state index < -0.39 is 18.4 Å². The first-order valence-electron chi connectivity index (χ1n) is 9.54. The van der Waals surface area contributed by atoms with Crippen molar-refractivity contribution in [3.05, 3.63) is 83.7 Å². The van der Waals surface area contributed by atoms with Gasteiger partial charge < -0.3 is 14.4 Å². The number of nitrogens with zero attached hydrogens (tertiary/aromatic N) is 1. The Hall–Kier alpha value is -3.41. The summed E-state index contributed by atoms with van der Waals surface area (Å²) >= 11 is 0. The third-order valence-electron chi connectivity index (χ3n) is 4.56. The smallest absolute Gasteiger partial charge is 0.230 e. The van der Waals surface area contributed by atoms with E-state index in [0.29, 0.717) is 17.2 Å². The van der Waals surface area contributed by atoms with Gasteiger partial charge in [-0.05, 0) is 37.3 Å². The molecule has 0 N–H and O–H groups in total. The molecule has 0 spiro atoms. The number of amides is 1. The molecule has 0 aliphatic rings. The van der Waals surface area contributed by atoms with Crippen LogP contribution in [0.25, 0.3) is 0 Å². The molecule has 0 aliphatic carbocycles. The highest BCUT2D eigenvalue weighted by Gasteiger charge is 2.22. The van der Waals surface area contributed by atoms with Crippen LogP contribution in [-0.4, -0.2) is 19.7 Å². The number of ether oxygens (including phenoxy) is 2. The van der Waals surface area contributed by atoms with Crippen LogP contribution >= 0.6 is 0 Å². The molecule has 0 saturated heterocycles. The van der Waals surface area contributed by atoms with E-state index >= 15 is 0 Å². The summed E-state index contributed by atoms with van der Waals surface area (Å²) in [6.07, 6.45) is -0.324. The molecule has 0 saturated carbocycles. The molecule has 30 heavy (non-hydrogen) atoms. The number of benzene rings is 3. The fourth-order valence-electron chi connectivity index (χ4n) is 3.13. The Balaban J connectivity index is 2.05. The zero-order chi connectivity index (χ0) is 21.5. The van der Waals surface area contributed by atoms with Gasteiger partial charge in [0.1, 0.15) is 17.3 Å². The van der Waals surface area contributed by atoms with Gasteiger partial charge in [0, 0.05) is 11.6 Å². The molecule has 3 aromatic rings. The topological polar surface area (TPSA) is 38.8 Å². The highest BCUT2D eigenvalue weighted by atomic mass is 19.1. The highest BCUT2D eigenvalue weighted by Crippen LogP contribution is 2.35. The normalized spacial score (nSPS) is 10.5. The second-order valence-electron chi connectivity index (χ2n) is 6.76. The number of anilines is 1. The summed E-state index contributed by atoms with van der Waals surface area (Å²) in [5, 5.41) is 0. The number of alkyl halides is 1. The number of methoxy groups -OCH3 is 1. The Bertz CT molecular complexity index is 1010. The minimum atomic E-state index is -0.815. The molecule has 0 fully saturated rings. The highest BCUT2D eigenvalue weighted by molar-refractivity contribution is 5.95. The lowest BCUT2D eigenvalue weighted by atomic mass is 10.1. The van der Waals surface area contributed by atoms with Crippen LogP contribution in [0.1, 0.15) is 17.5 Å². The molecule has 0 bridgehead atoms. The van der Waals surface area contributed by atoms with Crippen molar-refractivity contribution >= 4 is 11.6 Å². The van der Waals surface area contributed by atoms with E-state index in [1.54, 1.807) is 18.2 Å². The average molecular weight is 411 g/mol. The quantitative estimate of drug-likeness (QED) is 0.468. The van der Waals surface area contributed by atoms with E-state index in [2.05, 4.69) is 0 Å². The predicted octanol–water partition coefficient (Wildman–Crippen LogP) is 5.83. The molecule has 3 aromatic carbocycles. The number of para-hydroxylation sites is 1. The van der Waals surface area contributed by atoms with Crippen molar-refractivity contribution in [1.82, 2.24) is 0 Å². The fourth-order valence-corrected chi connectivity index (χ4v) is 3.13. The van der Waals surface area contributed by atoms with Gasteiger partial charge in [0.15, 0.2) is 5.75 Å². The van der Waals surface area contributed by atoms with Gasteiger partial charge in [0.05, 0.1) is 32.4 Å². The predicted molar refractivity (Wildman–Crippen MR) is 112 cm³/mol. The number of hydrogen-bond acceptors (Lipinski definition) is 3. The second kappa shape index (κ2) is 9.87. The maximum atomic E-state index is 14.2. The number of rotatable bonds is 8. The third-order valence-corrected chi connectivity index (χ3v) is 4.56. The summed E-state index contributed by atoms with van der Waals surface area (Å²) in [6, 6.07) is 18.5. The standard InChI is InChI=1S/C24H23F2NO3/c1-17-8-10-22(29-2)18(14-17)16-27(24(28)12-13-25)21-15-19(26)9-11-23(21)30-20-6-4-3-5-7-20/h3-11,14-15H,12-13,16H2,1-2H3. The van der Waals surface area contributed by atoms with Crippen molar-refractivity contribution in [3.8, 4) is 17.2 Å². The van der Waals surface area contributed by atoms with Crippen LogP contribution in [0, 0.1) is 12.7 Å². The van der Waals surface area contributed by atoms with Crippen LogP contribution in [-0.2, 0) is 11.3 Å². The summed E-state index contributed by atoms with van der Waals surface area (Å²) in [7, 11) is 1.54. The molecule has 0 heterocycles. The summed E-state index contributed by atoms with van der Waals surface area (Å²) in [4.78, 5) is 14.1. The maximum Gasteiger partial charge on any atom is 0.230 e. The lowest BCUT2D eigenvalue weighted by molar-refractivity contribution is -0.119. The molecule has 0 unspecified atom stereocenters. The number of carbonyl (C=O) groups excluding carboxylic acids is 1. The first-order valence-corrected chi connectivity index (χ1v) is 9.54. The Morgan fingerprint density at radius 1 is 1.00 bits per heavy atom. The Morgan fingerprint density at radius 3 is 2.43 bits per heavy atom. The van der Waals surface area contributed by atoms with Crippen molar-refractivity contribution in [2.24, 2.45) is 0 Å². The number of aryl methyl sites for hydroxylation is 1. The van der Waals surface area contributed by atoms with E-state index in [1.165, 1.54) is 30.2 Å². The maximum absolute atomic E-state index is 14.2. The Labute approximate surface area is 174 Å². The van der Waals surface area contributed by atoms with Gasteiger partial charge in [-0.25, -0.2) is 4.39 Å². The minimum absolute atomic E-state index is 0.0816. The summed E-state index contributed by atoms with van der Waals surface area (Å²) in [5.41, 5.74) is 1.92. The number of halogens is 2. The fraction of sp³-hybridized carbons (Fsp3) is 0.208. The summed E-state index contributed by atoms with van der Waals surface area (Å²) in [6.45, 7) is 1.19. The van der Waals surface area contributed by atoms with Gasteiger partial charge in [0.2, 0.25) is 5.91 Å². The number of carbonyl (C=O) groups is 1. The molecule has 1 amide bonds. The Morgan fingerprint density at radius 2 is 1.73 bits per heavy atom. The van der Waals surface area contributed by atoms with Gasteiger partial charge >= 0.3 is 0 Å². The lowest BCUT2D eigenvalue weighted by Gasteiger charge is -2.26. The van der Waals surface area contributed by atoms with E-state index in [0.717, 1.165) is 11.1 Å². The first-order chi connectivity index (χ1) is 14.5. The average Bonchev–Trinajstić information content (AvgIpc) is 2.74. The molecule has 4 nitrogen and oxygen atoms in total. The van der Waals surface area contributed by atoms with E-state index in [-0.39, 0.29) is 18.7 Å². The third kappa shape index (κ3) is 5.14. The number of hydrogen-bond donors (Lipinski definition) is 0. The van der Waals surface area contributed by atoms with Crippen molar-refractivity contribution in [2.75, 3.05) is 18.7 Å². The monoisotopic (exact) mass is 411 g/mol. The lowest BCUT2D eigenvalue weighted by Crippen LogP contribution is -2.31. The van der Waals surface area contributed by atoms with Crippen LogP contribution in [0.5, 0.6) is 17.2 Å². The second-order valence-corrected chi connectivity index (χ2v) is 6.76. The van der Waals surface area contributed by atoms with Crippen molar-refractivity contribution in [3.63, 3.8) is 0 Å². The minimum Gasteiger partial charge on any atom is -0.496 e. The van der Waals surface area contributed by atoms with Crippen molar-refractivity contribution in [1.29, 1.82) is 0 Å². The van der Waals surface area contributed by atoms with Crippen LogP contribution in [0.3, 0.4) is 0 Å². The van der Waals surface area contributed by atoms with Crippen molar-refractivity contribution < 1.29 is 23.0 Å².